The molecule has 4 heteroatoms. The predicted molar refractivity (Wildman–Crippen MR) is 75.2 cm³/mol. The molecule has 1 aromatic carbocycles. The number of para-hydroxylation sites is 1. The van der Waals surface area contributed by atoms with E-state index in [2.05, 4.69) is 0 Å². The molecule has 1 heterocycles. The van der Waals surface area contributed by atoms with Gasteiger partial charge in [0.25, 0.3) is 5.91 Å². The first-order valence-electron chi connectivity index (χ1n) is 6.94. The molecule has 0 aromatic heterocycles. The van der Waals surface area contributed by atoms with E-state index in [1.807, 2.05) is 11.0 Å². The van der Waals surface area contributed by atoms with E-state index in [1.54, 1.807) is 19.1 Å². The van der Waals surface area contributed by atoms with Crippen molar-refractivity contribution < 1.29 is 9.90 Å². The van der Waals surface area contributed by atoms with Gasteiger partial charge in [0.05, 0.1) is 5.56 Å². The van der Waals surface area contributed by atoms with Crippen LogP contribution in [0.3, 0.4) is 0 Å². The van der Waals surface area contributed by atoms with Gasteiger partial charge in [-0.2, -0.15) is 0 Å². The van der Waals surface area contributed by atoms with Gasteiger partial charge in [0.2, 0.25) is 0 Å². The second-order valence-electron chi connectivity index (χ2n) is 5.20. The Balaban J connectivity index is 2.23. The van der Waals surface area contributed by atoms with Crippen LogP contribution in [-0.2, 0) is 0 Å². The number of hydrogen-bond donors (Lipinski definition) is 2. The highest BCUT2D eigenvalue weighted by Gasteiger charge is 2.28. The zero-order chi connectivity index (χ0) is 13.8. The maximum absolute atomic E-state index is 12.6. The monoisotopic (exact) mass is 262 g/mol. The fraction of sp³-hybridized carbons (Fsp3) is 0.533. The summed E-state index contributed by atoms with van der Waals surface area (Å²) in [6, 6.07) is 5.52. The molecule has 3 N–H and O–H groups in total. The number of nitrogens with two attached hydrogens (primary N) is 1. The molecule has 0 saturated carbocycles. The Labute approximate surface area is 114 Å². The first-order chi connectivity index (χ1) is 9.15. The highest BCUT2D eigenvalue weighted by Crippen LogP contribution is 2.27. The molecular formula is C15H22N2O2. The zero-order valence-electron chi connectivity index (χ0n) is 11.4. The van der Waals surface area contributed by atoms with Crippen LogP contribution in [0.15, 0.2) is 18.2 Å². The van der Waals surface area contributed by atoms with Gasteiger partial charge >= 0.3 is 0 Å². The molecular weight excluding hydrogens is 240 g/mol. The maximum Gasteiger partial charge on any atom is 0.257 e. The van der Waals surface area contributed by atoms with Crippen molar-refractivity contribution in [2.45, 2.75) is 38.6 Å². The average Bonchev–Trinajstić information content (AvgIpc) is 2.42. The zero-order valence-corrected chi connectivity index (χ0v) is 11.4. The summed E-state index contributed by atoms with van der Waals surface area (Å²) in [5.74, 6) is 0.0314. The summed E-state index contributed by atoms with van der Waals surface area (Å²) in [4.78, 5) is 14.5. The Kier molecular flexibility index (Phi) is 4.43. The highest BCUT2D eigenvalue weighted by molar-refractivity contribution is 5.97. The van der Waals surface area contributed by atoms with Gasteiger partial charge in [-0.1, -0.05) is 12.1 Å². The van der Waals surface area contributed by atoms with Crippen LogP contribution in [-0.4, -0.2) is 35.0 Å². The summed E-state index contributed by atoms with van der Waals surface area (Å²) in [5, 5.41) is 10.0. The van der Waals surface area contributed by atoms with Crippen molar-refractivity contribution in [3.8, 4) is 5.75 Å². The van der Waals surface area contributed by atoms with E-state index in [9.17, 15) is 9.90 Å². The number of likely N-dealkylation sites (tertiary alicyclic amines) is 1. The SMILES string of the molecule is Cc1cccc(C(=O)N2CCCCC2CCN)c1O. The number of aromatic hydroxyl groups is 1. The van der Waals surface area contributed by atoms with E-state index in [0.29, 0.717) is 12.1 Å². The van der Waals surface area contributed by atoms with Gasteiger partial charge in [0.1, 0.15) is 5.75 Å². The van der Waals surface area contributed by atoms with Crippen LogP contribution in [0.1, 0.15) is 41.6 Å². The molecule has 1 aliphatic rings. The van der Waals surface area contributed by atoms with Crippen molar-refractivity contribution in [1.82, 2.24) is 4.90 Å². The summed E-state index contributed by atoms with van der Waals surface area (Å²) in [5.41, 5.74) is 6.77. The Morgan fingerprint density at radius 3 is 3.00 bits per heavy atom. The summed E-state index contributed by atoms with van der Waals surface area (Å²) < 4.78 is 0. The Bertz CT molecular complexity index is 457. The molecule has 19 heavy (non-hydrogen) atoms. The minimum atomic E-state index is -0.0700. The van der Waals surface area contributed by atoms with Crippen LogP contribution in [0.25, 0.3) is 0 Å². The van der Waals surface area contributed by atoms with Crippen LogP contribution in [0.4, 0.5) is 0 Å². The number of amides is 1. The molecule has 4 nitrogen and oxygen atoms in total. The molecule has 1 saturated heterocycles. The van der Waals surface area contributed by atoms with Gasteiger partial charge in [0, 0.05) is 12.6 Å². The number of carbonyl (C=O) groups is 1. The lowest BCUT2D eigenvalue weighted by molar-refractivity contribution is 0.0602. The van der Waals surface area contributed by atoms with E-state index in [0.717, 1.165) is 37.8 Å². The molecule has 1 aliphatic heterocycles. The van der Waals surface area contributed by atoms with Crippen LogP contribution < -0.4 is 5.73 Å². The van der Waals surface area contributed by atoms with Crippen molar-refractivity contribution in [3.63, 3.8) is 0 Å². The smallest absolute Gasteiger partial charge is 0.257 e. The molecule has 0 radical (unpaired) electrons. The van der Waals surface area contributed by atoms with Crippen LogP contribution >= 0.6 is 0 Å². The first-order valence-corrected chi connectivity index (χ1v) is 6.94. The maximum atomic E-state index is 12.6. The number of hydrogen-bond acceptors (Lipinski definition) is 3. The predicted octanol–water partition coefficient (Wildman–Crippen LogP) is 2.04. The van der Waals surface area contributed by atoms with Crippen LogP contribution in [0, 0.1) is 6.92 Å². The molecule has 1 atom stereocenters. The highest BCUT2D eigenvalue weighted by atomic mass is 16.3. The lowest BCUT2D eigenvalue weighted by Crippen LogP contribution is -2.44. The quantitative estimate of drug-likeness (QED) is 0.876. The second-order valence-corrected chi connectivity index (χ2v) is 5.20. The third kappa shape index (κ3) is 2.89. The van der Waals surface area contributed by atoms with Gasteiger partial charge in [-0.05, 0) is 50.8 Å². The van der Waals surface area contributed by atoms with E-state index in [-0.39, 0.29) is 17.7 Å². The van der Waals surface area contributed by atoms with Gasteiger partial charge in [0.15, 0.2) is 0 Å². The molecule has 1 amide bonds. The minimum absolute atomic E-state index is 0.0700. The average molecular weight is 262 g/mol. The standard InChI is InChI=1S/C15H22N2O2/c1-11-5-4-7-13(14(11)18)15(19)17-10-3-2-6-12(17)8-9-16/h4-5,7,12,18H,2-3,6,8-10,16H2,1H3. The van der Waals surface area contributed by atoms with E-state index in [4.69, 9.17) is 5.73 Å². The lowest BCUT2D eigenvalue weighted by Gasteiger charge is -2.36. The number of phenolic OH excluding ortho intramolecular Hbond substituents is 1. The van der Waals surface area contributed by atoms with Crippen molar-refractivity contribution in [1.29, 1.82) is 0 Å². The Morgan fingerprint density at radius 2 is 2.26 bits per heavy atom. The number of rotatable bonds is 3. The number of piperidine rings is 1. The third-order valence-electron chi connectivity index (χ3n) is 3.86. The van der Waals surface area contributed by atoms with Gasteiger partial charge in [-0.25, -0.2) is 0 Å². The minimum Gasteiger partial charge on any atom is -0.507 e. The van der Waals surface area contributed by atoms with E-state index >= 15 is 0 Å². The molecule has 0 bridgehead atoms. The van der Waals surface area contributed by atoms with Gasteiger partial charge in [-0.3, -0.25) is 4.79 Å². The molecule has 2 rings (SSSR count). The molecule has 0 spiro atoms. The number of aryl methyl sites for hydroxylation is 1. The van der Waals surface area contributed by atoms with Crippen molar-refractivity contribution in [3.05, 3.63) is 29.3 Å². The normalized spacial score (nSPS) is 19.5. The first kappa shape index (κ1) is 13.9. The summed E-state index contributed by atoms with van der Waals surface area (Å²) >= 11 is 0. The summed E-state index contributed by atoms with van der Waals surface area (Å²) in [6.07, 6.45) is 4.02. The number of phenols is 1. The third-order valence-corrected chi connectivity index (χ3v) is 3.86. The topological polar surface area (TPSA) is 66.6 Å². The number of benzene rings is 1. The molecule has 1 unspecified atom stereocenters. The summed E-state index contributed by atoms with van der Waals surface area (Å²) in [6.45, 7) is 3.16. The van der Waals surface area contributed by atoms with Crippen LogP contribution in [0.2, 0.25) is 0 Å². The molecule has 1 aromatic rings. The Hall–Kier alpha value is -1.55. The lowest BCUT2D eigenvalue weighted by atomic mass is 9.97. The van der Waals surface area contributed by atoms with E-state index in [1.165, 1.54) is 0 Å². The van der Waals surface area contributed by atoms with Crippen molar-refractivity contribution in [2.24, 2.45) is 5.73 Å². The van der Waals surface area contributed by atoms with E-state index < -0.39 is 0 Å². The van der Waals surface area contributed by atoms with Crippen LogP contribution in [0.5, 0.6) is 5.75 Å². The van der Waals surface area contributed by atoms with Gasteiger partial charge < -0.3 is 15.7 Å². The number of nitrogens with zero attached hydrogens (tertiary/aromatic N) is 1. The molecule has 0 aliphatic carbocycles. The van der Waals surface area contributed by atoms with Crippen molar-refractivity contribution >= 4 is 5.91 Å². The molecule has 104 valence electrons. The second kappa shape index (κ2) is 6.06. The summed E-state index contributed by atoms with van der Waals surface area (Å²) in [7, 11) is 0. The van der Waals surface area contributed by atoms with Gasteiger partial charge in [-0.15, -0.1) is 0 Å². The molecule has 1 fully saturated rings. The Morgan fingerprint density at radius 1 is 1.47 bits per heavy atom. The fourth-order valence-corrected chi connectivity index (χ4v) is 2.75. The number of carbonyl (C=O) groups excluding carboxylic acids is 1. The van der Waals surface area contributed by atoms with Crippen molar-refractivity contribution in [2.75, 3.05) is 13.1 Å². The largest absolute Gasteiger partial charge is 0.507 e. The fourth-order valence-electron chi connectivity index (χ4n) is 2.75.